The van der Waals surface area contributed by atoms with E-state index in [9.17, 15) is 27.2 Å². The Kier molecular flexibility index (Phi) is 6.16. The molecule has 0 aromatic heterocycles. The third kappa shape index (κ3) is 4.95. The van der Waals surface area contributed by atoms with Crippen molar-refractivity contribution >= 4 is 17.6 Å². The standard InChI is InChI=1S/C17H13F4NO4/c1-9(17(24)22-13-7-6-12(19)15(20)16(13)21)26-14(23)8-25-11-4-2-10(18)3-5-11/h2-7,9H,8H2,1H3,(H,22,24)/t9-/m1/s1. The van der Waals surface area contributed by atoms with E-state index >= 15 is 0 Å². The molecule has 0 spiro atoms. The van der Waals surface area contributed by atoms with Crippen molar-refractivity contribution < 1.29 is 36.6 Å². The number of nitrogens with one attached hydrogen (secondary N) is 1. The molecule has 1 N–H and O–H groups in total. The minimum Gasteiger partial charge on any atom is -0.482 e. The largest absolute Gasteiger partial charge is 0.482 e. The van der Waals surface area contributed by atoms with E-state index in [-0.39, 0.29) is 5.75 Å². The van der Waals surface area contributed by atoms with Crippen LogP contribution in [0.3, 0.4) is 0 Å². The van der Waals surface area contributed by atoms with E-state index in [1.165, 1.54) is 19.1 Å². The normalized spacial score (nSPS) is 11.6. The topological polar surface area (TPSA) is 64.6 Å². The average molecular weight is 371 g/mol. The summed E-state index contributed by atoms with van der Waals surface area (Å²) in [5, 5.41) is 1.98. The number of esters is 1. The predicted octanol–water partition coefficient (Wildman–Crippen LogP) is 3.19. The molecule has 0 aliphatic rings. The van der Waals surface area contributed by atoms with Crippen LogP contribution in [0, 0.1) is 23.3 Å². The lowest BCUT2D eigenvalue weighted by Gasteiger charge is -2.14. The fraction of sp³-hybridized carbons (Fsp3) is 0.176. The molecule has 2 rings (SSSR count). The summed E-state index contributed by atoms with van der Waals surface area (Å²) in [4.78, 5) is 23.5. The van der Waals surface area contributed by atoms with Gasteiger partial charge in [-0.1, -0.05) is 0 Å². The van der Waals surface area contributed by atoms with Crippen molar-refractivity contribution in [2.45, 2.75) is 13.0 Å². The van der Waals surface area contributed by atoms with E-state index in [2.05, 4.69) is 0 Å². The summed E-state index contributed by atoms with van der Waals surface area (Å²) < 4.78 is 62.0. The van der Waals surface area contributed by atoms with E-state index < -0.39 is 53.5 Å². The zero-order valence-electron chi connectivity index (χ0n) is 13.4. The van der Waals surface area contributed by atoms with Crippen molar-refractivity contribution in [3.8, 4) is 5.75 Å². The lowest BCUT2D eigenvalue weighted by atomic mass is 10.2. The van der Waals surface area contributed by atoms with Gasteiger partial charge in [0.15, 0.2) is 30.2 Å². The number of hydrogen-bond donors (Lipinski definition) is 1. The molecule has 0 aliphatic heterocycles. The second-order valence-corrected chi connectivity index (χ2v) is 5.09. The average Bonchev–Trinajstić information content (AvgIpc) is 2.61. The number of ether oxygens (including phenoxy) is 2. The molecule has 9 heteroatoms. The van der Waals surface area contributed by atoms with Crippen molar-refractivity contribution in [1.82, 2.24) is 0 Å². The van der Waals surface area contributed by atoms with Crippen LogP contribution >= 0.6 is 0 Å². The molecular weight excluding hydrogens is 358 g/mol. The Hall–Kier alpha value is -3.10. The summed E-state index contributed by atoms with van der Waals surface area (Å²) in [5.41, 5.74) is -0.598. The van der Waals surface area contributed by atoms with Gasteiger partial charge >= 0.3 is 5.97 Å². The number of amides is 1. The first-order chi connectivity index (χ1) is 12.3. The molecular formula is C17H13F4NO4. The van der Waals surface area contributed by atoms with Crippen LogP contribution in [0.5, 0.6) is 5.75 Å². The smallest absolute Gasteiger partial charge is 0.344 e. The van der Waals surface area contributed by atoms with Crippen LogP contribution in [0.25, 0.3) is 0 Å². The molecule has 2 aromatic carbocycles. The Bertz CT molecular complexity index is 811. The number of hydrogen-bond acceptors (Lipinski definition) is 4. The number of rotatable bonds is 6. The van der Waals surface area contributed by atoms with Gasteiger partial charge < -0.3 is 14.8 Å². The van der Waals surface area contributed by atoms with E-state index in [0.717, 1.165) is 18.2 Å². The second kappa shape index (κ2) is 8.32. The van der Waals surface area contributed by atoms with Crippen LogP contribution in [0.15, 0.2) is 36.4 Å². The van der Waals surface area contributed by atoms with E-state index in [4.69, 9.17) is 9.47 Å². The van der Waals surface area contributed by atoms with Crippen molar-refractivity contribution in [3.63, 3.8) is 0 Å². The zero-order valence-corrected chi connectivity index (χ0v) is 13.4. The molecule has 0 unspecified atom stereocenters. The molecule has 5 nitrogen and oxygen atoms in total. The van der Waals surface area contributed by atoms with E-state index in [1.54, 1.807) is 0 Å². The molecule has 1 atom stereocenters. The molecule has 1 amide bonds. The van der Waals surface area contributed by atoms with Gasteiger partial charge in [0.1, 0.15) is 11.6 Å². The van der Waals surface area contributed by atoms with Crippen molar-refractivity contribution in [2.75, 3.05) is 11.9 Å². The van der Waals surface area contributed by atoms with Gasteiger partial charge in [0.2, 0.25) is 0 Å². The third-order valence-corrected chi connectivity index (χ3v) is 3.14. The minimum absolute atomic E-state index is 0.212. The highest BCUT2D eigenvalue weighted by atomic mass is 19.2. The van der Waals surface area contributed by atoms with E-state index in [1.807, 2.05) is 5.32 Å². The number of halogens is 4. The van der Waals surface area contributed by atoms with Crippen molar-refractivity contribution in [3.05, 3.63) is 59.7 Å². The molecule has 26 heavy (non-hydrogen) atoms. The van der Waals surface area contributed by atoms with Crippen LogP contribution in [0.4, 0.5) is 23.2 Å². The Morgan fingerprint density at radius 3 is 2.31 bits per heavy atom. The maximum absolute atomic E-state index is 13.5. The predicted molar refractivity (Wildman–Crippen MR) is 82.4 cm³/mol. The molecule has 0 aliphatic carbocycles. The first-order valence-electron chi connectivity index (χ1n) is 7.30. The monoisotopic (exact) mass is 371 g/mol. The zero-order chi connectivity index (χ0) is 19.3. The molecule has 0 saturated heterocycles. The summed E-state index contributed by atoms with van der Waals surface area (Å²) in [6.07, 6.45) is -1.35. The molecule has 138 valence electrons. The number of carbonyl (C=O) groups excluding carboxylic acids is 2. The molecule has 2 aromatic rings. The van der Waals surface area contributed by atoms with Crippen molar-refractivity contribution in [2.24, 2.45) is 0 Å². The highest BCUT2D eigenvalue weighted by molar-refractivity contribution is 5.95. The Morgan fingerprint density at radius 1 is 1.00 bits per heavy atom. The van der Waals surface area contributed by atoms with Crippen molar-refractivity contribution in [1.29, 1.82) is 0 Å². The molecule has 0 radical (unpaired) electrons. The van der Waals surface area contributed by atoms with Gasteiger partial charge in [-0.3, -0.25) is 4.79 Å². The number of anilines is 1. The SMILES string of the molecule is C[C@@H](OC(=O)COc1ccc(F)cc1)C(=O)Nc1ccc(F)c(F)c1F. The summed E-state index contributed by atoms with van der Waals surface area (Å²) in [6.45, 7) is 0.645. The first kappa shape index (κ1) is 19.2. The van der Waals surface area contributed by atoms with Gasteiger partial charge in [0, 0.05) is 0 Å². The van der Waals surface area contributed by atoms with Crippen LogP contribution in [-0.4, -0.2) is 24.6 Å². The van der Waals surface area contributed by atoms with Crippen LogP contribution in [0.1, 0.15) is 6.92 Å². The maximum Gasteiger partial charge on any atom is 0.344 e. The molecule has 0 bridgehead atoms. The second-order valence-electron chi connectivity index (χ2n) is 5.09. The summed E-state index contributed by atoms with van der Waals surface area (Å²) in [5.74, 6) is -6.85. The van der Waals surface area contributed by atoms with Gasteiger partial charge in [-0.15, -0.1) is 0 Å². The summed E-state index contributed by atoms with van der Waals surface area (Å²) in [6, 6.07) is 6.33. The number of carbonyl (C=O) groups is 2. The molecule has 0 heterocycles. The summed E-state index contributed by atoms with van der Waals surface area (Å²) >= 11 is 0. The van der Waals surface area contributed by atoms with Gasteiger partial charge in [0.05, 0.1) is 5.69 Å². The van der Waals surface area contributed by atoms with Gasteiger partial charge in [0.25, 0.3) is 5.91 Å². The van der Waals surface area contributed by atoms with Crippen LogP contribution < -0.4 is 10.1 Å². The fourth-order valence-electron chi connectivity index (χ4n) is 1.81. The molecule has 0 fully saturated rings. The Morgan fingerprint density at radius 2 is 1.65 bits per heavy atom. The van der Waals surface area contributed by atoms with Gasteiger partial charge in [-0.2, -0.15) is 0 Å². The Labute approximate surface area is 145 Å². The lowest BCUT2D eigenvalue weighted by Crippen LogP contribution is -2.32. The fourth-order valence-corrected chi connectivity index (χ4v) is 1.81. The van der Waals surface area contributed by atoms with E-state index in [0.29, 0.717) is 6.07 Å². The summed E-state index contributed by atoms with van der Waals surface area (Å²) in [7, 11) is 0. The minimum atomic E-state index is -1.74. The van der Waals surface area contributed by atoms with Crippen LogP contribution in [-0.2, 0) is 14.3 Å². The molecule has 0 saturated carbocycles. The third-order valence-electron chi connectivity index (χ3n) is 3.14. The van der Waals surface area contributed by atoms with Crippen LogP contribution in [0.2, 0.25) is 0 Å². The number of benzene rings is 2. The van der Waals surface area contributed by atoms with Gasteiger partial charge in [-0.05, 0) is 43.3 Å². The van der Waals surface area contributed by atoms with Gasteiger partial charge in [-0.25, -0.2) is 22.4 Å². The highest BCUT2D eigenvalue weighted by Gasteiger charge is 2.21. The maximum atomic E-state index is 13.5. The Balaban J connectivity index is 1.87. The lowest BCUT2D eigenvalue weighted by molar-refractivity contribution is -0.155. The highest BCUT2D eigenvalue weighted by Crippen LogP contribution is 2.20. The first-order valence-corrected chi connectivity index (χ1v) is 7.30. The quantitative estimate of drug-likeness (QED) is 0.481.